The van der Waals surface area contributed by atoms with E-state index in [0.29, 0.717) is 17.4 Å². The number of phosphoric acid groups is 1. The molecule has 526 valence electrons. The molecule has 0 bridgehead atoms. The standard InChI is InChI=1S/C79H153N2O7P/c1-7-10-13-16-19-22-25-27-29-31-33-35-37-39-40-42-43-45-47-49-51-53-56-59-62-65-68-71-78(82)80-76(75-87-89(84,85)86-74-73-81(4,5)6)77(70-67-64-61-58-55-24-21-18-15-12-9-3)88-79(83)72-69-66-63-60-57-54-52-50-48-46-44-41-38-36-34-32-30-28-26-23-20-17-14-11-8-2/h27-30,67,70,76-77H,7-26,31-66,68-69,71-75H2,1-6H3,(H-,80,82,84,85)/b29-27+,30-28+,70-67+. The zero-order valence-electron chi connectivity index (χ0n) is 60.4. The lowest BCUT2D eigenvalue weighted by molar-refractivity contribution is -0.870. The van der Waals surface area contributed by atoms with Gasteiger partial charge in [0.1, 0.15) is 19.3 Å². The van der Waals surface area contributed by atoms with Crippen molar-refractivity contribution in [2.24, 2.45) is 0 Å². The molecule has 0 aromatic carbocycles. The van der Waals surface area contributed by atoms with Crippen LogP contribution >= 0.6 is 7.82 Å². The highest BCUT2D eigenvalue weighted by molar-refractivity contribution is 7.45. The monoisotopic (exact) mass is 1270 g/mol. The predicted molar refractivity (Wildman–Crippen MR) is 386 cm³/mol. The minimum Gasteiger partial charge on any atom is -0.756 e. The van der Waals surface area contributed by atoms with Crippen molar-refractivity contribution < 1.29 is 37.3 Å². The van der Waals surface area contributed by atoms with Crippen molar-refractivity contribution >= 4 is 19.7 Å². The molecule has 0 saturated heterocycles. The van der Waals surface area contributed by atoms with Gasteiger partial charge in [0.15, 0.2) is 0 Å². The van der Waals surface area contributed by atoms with Gasteiger partial charge in [0, 0.05) is 12.8 Å². The van der Waals surface area contributed by atoms with Crippen LogP contribution in [-0.2, 0) is 27.9 Å². The molecule has 0 fully saturated rings. The lowest BCUT2D eigenvalue weighted by Gasteiger charge is -2.30. The van der Waals surface area contributed by atoms with Gasteiger partial charge in [0.2, 0.25) is 5.91 Å². The zero-order chi connectivity index (χ0) is 64.9. The molecule has 0 radical (unpaired) electrons. The normalized spacial score (nSPS) is 13.6. The Morgan fingerprint density at radius 3 is 0.955 bits per heavy atom. The molecule has 3 atom stereocenters. The SMILES string of the molecule is CCCCCCCC/C=C/CCCCCCCCCCCCCCCCCCCC(=O)NC(COP(=O)([O-])OCC[N+](C)(C)C)C(/C=C/CCCCCCCCCCC)OC(=O)CCCCCCCCCCCCCCCCC/C=C/CCCCCCCC. The Morgan fingerprint density at radius 1 is 0.382 bits per heavy atom. The molecule has 0 rings (SSSR count). The Kier molecular flexibility index (Phi) is 67.7. The van der Waals surface area contributed by atoms with Crippen molar-refractivity contribution in [3.8, 4) is 0 Å². The van der Waals surface area contributed by atoms with E-state index in [0.717, 1.165) is 57.8 Å². The number of carbonyl (C=O) groups excluding carboxylic acids is 2. The van der Waals surface area contributed by atoms with E-state index in [4.69, 9.17) is 13.8 Å². The Labute approximate surface area is 555 Å². The summed E-state index contributed by atoms with van der Waals surface area (Å²) in [5.41, 5.74) is 0. The van der Waals surface area contributed by atoms with E-state index >= 15 is 0 Å². The Hall–Kier alpha value is -1.77. The fraction of sp³-hybridized carbons (Fsp3) is 0.899. The maximum atomic E-state index is 13.6. The van der Waals surface area contributed by atoms with E-state index in [2.05, 4.69) is 50.4 Å². The molecule has 1 N–H and O–H groups in total. The molecule has 3 unspecified atom stereocenters. The van der Waals surface area contributed by atoms with Crippen molar-refractivity contribution in [3.63, 3.8) is 0 Å². The van der Waals surface area contributed by atoms with Crippen molar-refractivity contribution in [2.75, 3.05) is 40.9 Å². The van der Waals surface area contributed by atoms with Crippen molar-refractivity contribution in [3.05, 3.63) is 36.5 Å². The molecule has 10 heteroatoms. The minimum atomic E-state index is -4.70. The molecule has 0 spiro atoms. The van der Waals surface area contributed by atoms with Crippen LogP contribution in [0.2, 0.25) is 0 Å². The third-order valence-corrected chi connectivity index (χ3v) is 19.0. The van der Waals surface area contributed by atoms with Gasteiger partial charge in [0.25, 0.3) is 7.82 Å². The van der Waals surface area contributed by atoms with Gasteiger partial charge in [-0.2, -0.15) is 0 Å². The largest absolute Gasteiger partial charge is 0.756 e. The summed E-state index contributed by atoms with van der Waals surface area (Å²) >= 11 is 0. The van der Waals surface area contributed by atoms with Gasteiger partial charge in [-0.05, 0) is 83.1 Å². The van der Waals surface area contributed by atoms with Crippen molar-refractivity contribution in [2.45, 2.75) is 418 Å². The third-order valence-electron chi connectivity index (χ3n) is 18.0. The quantitative estimate of drug-likeness (QED) is 0.0212. The van der Waals surface area contributed by atoms with E-state index in [9.17, 15) is 19.0 Å². The number of nitrogens with one attached hydrogen (secondary N) is 1. The summed E-state index contributed by atoms with van der Waals surface area (Å²) in [6, 6.07) is -0.885. The second-order valence-electron chi connectivity index (χ2n) is 28.2. The topological polar surface area (TPSA) is 114 Å². The summed E-state index contributed by atoms with van der Waals surface area (Å²) in [6.07, 6.45) is 87.3. The summed E-state index contributed by atoms with van der Waals surface area (Å²) < 4.78 is 30.5. The summed E-state index contributed by atoms with van der Waals surface area (Å²) in [7, 11) is 1.21. The smallest absolute Gasteiger partial charge is 0.306 e. The average molecular weight is 1270 g/mol. The van der Waals surface area contributed by atoms with Crippen LogP contribution in [0.3, 0.4) is 0 Å². The minimum absolute atomic E-state index is 0.0188. The predicted octanol–water partition coefficient (Wildman–Crippen LogP) is 24.7. The third kappa shape index (κ3) is 70.4. The van der Waals surface area contributed by atoms with Gasteiger partial charge in [-0.3, -0.25) is 14.2 Å². The van der Waals surface area contributed by atoms with Gasteiger partial charge in [-0.15, -0.1) is 0 Å². The van der Waals surface area contributed by atoms with Gasteiger partial charge >= 0.3 is 5.97 Å². The highest BCUT2D eigenvalue weighted by Crippen LogP contribution is 2.38. The number of likely N-dealkylation sites (N-methyl/N-ethyl adjacent to an activating group) is 1. The molecule has 0 heterocycles. The van der Waals surface area contributed by atoms with E-state index in [1.54, 1.807) is 0 Å². The second kappa shape index (κ2) is 69.1. The molecular weight excluding hydrogens is 1120 g/mol. The maximum Gasteiger partial charge on any atom is 0.306 e. The molecule has 0 aliphatic carbocycles. The summed E-state index contributed by atoms with van der Waals surface area (Å²) in [5, 5.41) is 3.06. The first-order chi connectivity index (χ1) is 43.4. The number of unbranched alkanes of at least 4 members (excludes halogenated alkanes) is 53. The molecule has 89 heavy (non-hydrogen) atoms. The highest BCUT2D eigenvalue weighted by atomic mass is 31.2. The number of amides is 1. The molecule has 0 aliphatic rings. The molecule has 0 aliphatic heterocycles. The Morgan fingerprint density at radius 2 is 0.652 bits per heavy atom. The van der Waals surface area contributed by atoms with Crippen LogP contribution in [0, 0.1) is 0 Å². The van der Waals surface area contributed by atoms with Crippen LogP contribution in [0.1, 0.15) is 406 Å². The summed E-state index contributed by atoms with van der Waals surface area (Å²) in [5.74, 6) is -0.518. The highest BCUT2D eigenvalue weighted by Gasteiger charge is 2.27. The van der Waals surface area contributed by atoms with E-state index < -0.39 is 20.0 Å². The number of carbonyl (C=O) groups is 2. The number of rotatable bonds is 73. The molecule has 9 nitrogen and oxygen atoms in total. The number of hydrogen-bond acceptors (Lipinski definition) is 7. The second-order valence-corrected chi connectivity index (χ2v) is 29.6. The fourth-order valence-electron chi connectivity index (χ4n) is 12.0. The van der Waals surface area contributed by atoms with Crippen LogP contribution in [0.4, 0.5) is 0 Å². The fourth-order valence-corrected chi connectivity index (χ4v) is 12.7. The Balaban J connectivity index is 4.86. The number of quaternary nitrogens is 1. The molecule has 0 aromatic rings. The number of phosphoric ester groups is 1. The van der Waals surface area contributed by atoms with Gasteiger partial charge in [-0.25, -0.2) is 0 Å². The molecular formula is C79H153N2O7P. The number of esters is 1. The van der Waals surface area contributed by atoms with Crippen LogP contribution < -0.4 is 10.2 Å². The maximum absolute atomic E-state index is 13.6. The van der Waals surface area contributed by atoms with Crippen LogP contribution in [0.25, 0.3) is 0 Å². The van der Waals surface area contributed by atoms with Gasteiger partial charge in [-0.1, -0.05) is 347 Å². The van der Waals surface area contributed by atoms with E-state index in [1.807, 2.05) is 33.3 Å². The summed E-state index contributed by atoms with van der Waals surface area (Å²) in [6.45, 7) is 6.90. The molecule has 0 saturated carbocycles. The van der Waals surface area contributed by atoms with Crippen molar-refractivity contribution in [1.29, 1.82) is 0 Å². The van der Waals surface area contributed by atoms with E-state index in [-0.39, 0.29) is 31.5 Å². The first kappa shape index (κ1) is 87.2. The zero-order valence-corrected chi connectivity index (χ0v) is 61.3. The number of hydrogen-bond donors (Lipinski definition) is 1. The van der Waals surface area contributed by atoms with Gasteiger partial charge in [0.05, 0.1) is 33.8 Å². The van der Waals surface area contributed by atoms with Gasteiger partial charge < -0.3 is 28.5 Å². The first-order valence-corrected chi connectivity index (χ1v) is 40.8. The molecule has 1 amide bonds. The number of allylic oxidation sites excluding steroid dienone is 5. The Bertz CT molecular complexity index is 1610. The summed E-state index contributed by atoms with van der Waals surface area (Å²) in [4.78, 5) is 40.3. The number of ether oxygens (including phenoxy) is 1. The molecule has 0 aromatic heterocycles. The van der Waals surface area contributed by atoms with Crippen LogP contribution in [0.15, 0.2) is 36.5 Å². The first-order valence-electron chi connectivity index (χ1n) is 39.3. The van der Waals surface area contributed by atoms with Crippen molar-refractivity contribution in [1.82, 2.24) is 5.32 Å². The average Bonchev–Trinajstić information content (AvgIpc) is 3.70. The number of nitrogens with zero attached hydrogens (tertiary/aromatic N) is 1. The van der Waals surface area contributed by atoms with Crippen LogP contribution in [-0.4, -0.2) is 69.4 Å². The van der Waals surface area contributed by atoms with Crippen LogP contribution in [0.5, 0.6) is 0 Å². The van der Waals surface area contributed by atoms with E-state index in [1.165, 1.54) is 315 Å². The lowest BCUT2D eigenvalue weighted by atomic mass is 10.0. The lowest BCUT2D eigenvalue weighted by Crippen LogP contribution is -2.47.